The molecule has 0 spiro atoms. The first-order chi connectivity index (χ1) is 8.63. The van der Waals surface area contributed by atoms with E-state index in [2.05, 4.69) is 22.1 Å². The molecule has 6 nitrogen and oxygen atoms in total. The van der Waals surface area contributed by atoms with Gasteiger partial charge >= 0.3 is 0 Å². The van der Waals surface area contributed by atoms with Crippen molar-refractivity contribution in [1.82, 2.24) is 21.1 Å². The van der Waals surface area contributed by atoms with E-state index in [0.717, 1.165) is 19.3 Å². The predicted molar refractivity (Wildman–Crippen MR) is 67.3 cm³/mol. The molecule has 6 heteroatoms. The number of hydrogen-bond donors (Lipinski definition) is 3. The van der Waals surface area contributed by atoms with Crippen LogP contribution in [0.3, 0.4) is 0 Å². The highest BCUT2D eigenvalue weighted by atomic mass is 16.2. The normalized spacial score (nSPS) is 36.5. The second-order valence-electron chi connectivity index (χ2n) is 5.18. The topological polar surface area (TPSA) is 80.2 Å². The average molecular weight is 251 g/mol. The number of carbonyl (C=O) groups is 1. The molecule has 1 aliphatic heterocycles. The molecule has 3 N–H and O–H groups in total. The van der Waals surface area contributed by atoms with Crippen molar-refractivity contribution in [1.29, 1.82) is 5.26 Å². The van der Waals surface area contributed by atoms with Crippen molar-refractivity contribution in [2.45, 2.75) is 49.9 Å². The minimum absolute atomic E-state index is 0.0151. The Morgan fingerprint density at radius 3 is 2.67 bits per heavy atom. The maximum Gasteiger partial charge on any atom is 0.238 e. The first-order valence-corrected chi connectivity index (χ1v) is 6.50. The molecule has 2 fully saturated rings. The Morgan fingerprint density at radius 1 is 1.39 bits per heavy atom. The van der Waals surface area contributed by atoms with Crippen molar-refractivity contribution in [3.8, 4) is 6.07 Å². The van der Waals surface area contributed by atoms with E-state index in [1.807, 2.05) is 7.05 Å². The number of rotatable bonds is 3. The number of amides is 1. The molecule has 1 saturated carbocycles. The highest BCUT2D eigenvalue weighted by Gasteiger charge is 2.35. The third kappa shape index (κ3) is 2.80. The Balaban J connectivity index is 1.81. The zero-order valence-corrected chi connectivity index (χ0v) is 10.9. The van der Waals surface area contributed by atoms with E-state index in [1.54, 1.807) is 12.1 Å². The maximum atomic E-state index is 12.1. The number of carbonyl (C=O) groups excluding carboxylic acids is 1. The summed E-state index contributed by atoms with van der Waals surface area (Å²) in [6.45, 7) is 0. The van der Waals surface area contributed by atoms with Gasteiger partial charge in [-0.1, -0.05) is 0 Å². The summed E-state index contributed by atoms with van der Waals surface area (Å²) < 4.78 is 0. The lowest BCUT2D eigenvalue weighted by atomic mass is 10.1. The fraction of sp³-hybridized carbons (Fsp3) is 0.833. The van der Waals surface area contributed by atoms with Gasteiger partial charge in [-0.2, -0.15) is 5.26 Å². The summed E-state index contributed by atoms with van der Waals surface area (Å²) in [4.78, 5) is 12.1. The van der Waals surface area contributed by atoms with E-state index < -0.39 is 0 Å². The number of nitrogens with zero attached hydrogens (tertiary/aromatic N) is 2. The number of hydrogen-bond acceptors (Lipinski definition) is 5. The van der Waals surface area contributed by atoms with Crippen molar-refractivity contribution < 1.29 is 4.79 Å². The smallest absolute Gasteiger partial charge is 0.238 e. The van der Waals surface area contributed by atoms with Crippen LogP contribution in [0, 0.1) is 11.3 Å². The van der Waals surface area contributed by atoms with Crippen molar-refractivity contribution in [3.63, 3.8) is 0 Å². The second kappa shape index (κ2) is 5.65. The summed E-state index contributed by atoms with van der Waals surface area (Å²) in [7, 11) is 3.76. The molecule has 0 aromatic carbocycles. The van der Waals surface area contributed by atoms with Gasteiger partial charge in [-0.15, -0.1) is 0 Å². The third-order valence-corrected chi connectivity index (χ3v) is 3.94. The van der Waals surface area contributed by atoms with Crippen LogP contribution in [0.5, 0.6) is 0 Å². The van der Waals surface area contributed by atoms with Gasteiger partial charge in [-0.25, -0.2) is 10.4 Å². The molecule has 4 atom stereocenters. The van der Waals surface area contributed by atoms with Crippen molar-refractivity contribution >= 4 is 5.91 Å². The van der Waals surface area contributed by atoms with Crippen LogP contribution in [0.1, 0.15) is 25.7 Å². The lowest BCUT2D eigenvalue weighted by Gasteiger charge is -2.17. The second-order valence-corrected chi connectivity index (χ2v) is 5.18. The monoisotopic (exact) mass is 251 g/mol. The SMILES string of the molecule is CNC1CCC(NC(=O)C2CC(C#N)N(C)N2)C1. The lowest BCUT2D eigenvalue weighted by molar-refractivity contribution is -0.123. The molecule has 18 heavy (non-hydrogen) atoms. The zero-order chi connectivity index (χ0) is 13.1. The van der Waals surface area contributed by atoms with Gasteiger partial charge in [-0.05, 0) is 26.3 Å². The Morgan fingerprint density at radius 2 is 2.11 bits per heavy atom. The maximum absolute atomic E-state index is 12.1. The standard InChI is InChI=1S/C12H21N5O/c1-14-8-3-4-9(5-8)15-12(18)11-6-10(7-13)17(2)16-11/h8-11,14,16H,3-6H2,1-2H3,(H,15,18). The largest absolute Gasteiger partial charge is 0.352 e. The van der Waals surface area contributed by atoms with Crippen molar-refractivity contribution in [2.75, 3.05) is 14.1 Å². The van der Waals surface area contributed by atoms with Gasteiger partial charge in [0.15, 0.2) is 0 Å². The fourth-order valence-corrected chi connectivity index (χ4v) is 2.75. The van der Waals surface area contributed by atoms with Crippen LogP contribution >= 0.6 is 0 Å². The molecular weight excluding hydrogens is 230 g/mol. The van der Waals surface area contributed by atoms with Crippen LogP contribution in [0.25, 0.3) is 0 Å². The van der Waals surface area contributed by atoms with Crippen LogP contribution in [0.4, 0.5) is 0 Å². The van der Waals surface area contributed by atoms with Crippen LogP contribution in [0.15, 0.2) is 0 Å². The quantitative estimate of drug-likeness (QED) is 0.621. The molecule has 1 amide bonds. The molecular formula is C12H21N5O. The highest BCUT2D eigenvalue weighted by Crippen LogP contribution is 2.19. The Kier molecular flexibility index (Phi) is 4.17. The summed E-state index contributed by atoms with van der Waals surface area (Å²) >= 11 is 0. The first-order valence-electron chi connectivity index (χ1n) is 6.50. The Hall–Kier alpha value is -1.16. The van der Waals surface area contributed by atoms with Gasteiger partial charge < -0.3 is 10.6 Å². The first kappa shape index (κ1) is 13.3. The van der Waals surface area contributed by atoms with Crippen LogP contribution < -0.4 is 16.1 Å². The van der Waals surface area contributed by atoms with Gasteiger partial charge in [-0.3, -0.25) is 4.79 Å². The molecule has 100 valence electrons. The van der Waals surface area contributed by atoms with E-state index in [9.17, 15) is 4.79 Å². The molecule has 0 radical (unpaired) electrons. The molecule has 2 aliphatic rings. The summed E-state index contributed by atoms with van der Waals surface area (Å²) in [5.74, 6) is 0.0151. The summed E-state index contributed by atoms with van der Waals surface area (Å²) in [5, 5.41) is 16.9. The Bertz CT molecular complexity index is 353. The van der Waals surface area contributed by atoms with Gasteiger partial charge in [0.1, 0.15) is 12.1 Å². The number of nitriles is 1. The van der Waals surface area contributed by atoms with Gasteiger partial charge in [0.2, 0.25) is 5.91 Å². The third-order valence-electron chi connectivity index (χ3n) is 3.94. The molecule has 0 aromatic rings. The van der Waals surface area contributed by atoms with Gasteiger partial charge in [0, 0.05) is 25.6 Å². The van der Waals surface area contributed by atoms with Crippen molar-refractivity contribution in [2.24, 2.45) is 0 Å². The van der Waals surface area contributed by atoms with E-state index in [1.165, 1.54) is 0 Å². The lowest BCUT2D eigenvalue weighted by Crippen LogP contribution is -2.47. The van der Waals surface area contributed by atoms with E-state index >= 15 is 0 Å². The predicted octanol–water partition coefficient (Wildman–Crippen LogP) is -0.656. The molecule has 1 heterocycles. The summed E-state index contributed by atoms with van der Waals surface area (Å²) in [6.07, 6.45) is 3.69. The molecule has 2 rings (SSSR count). The van der Waals surface area contributed by atoms with Gasteiger partial charge in [0.25, 0.3) is 0 Å². The van der Waals surface area contributed by atoms with E-state index in [0.29, 0.717) is 12.5 Å². The van der Waals surface area contributed by atoms with Crippen LogP contribution in [0.2, 0.25) is 0 Å². The fourth-order valence-electron chi connectivity index (χ4n) is 2.75. The van der Waals surface area contributed by atoms with E-state index in [-0.39, 0.29) is 24.0 Å². The minimum Gasteiger partial charge on any atom is -0.352 e. The molecule has 0 bridgehead atoms. The van der Waals surface area contributed by atoms with Gasteiger partial charge in [0.05, 0.1) is 6.07 Å². The minimum atomic E-state index is -0.270. The van der Waals surface area contributed by atoms with Crippen LogP contribution in [-0.4, -0.2) is 49.2 Å². The molecule has 1 saturated heterocycles. The summed E-state index contributed by atoms with van der Waals surface area (Å²) in [6, 6.07) is 2.48. The number of hydrazine groups is 1. The molecule has 4 unspecified atom stereocenters. The Labute approximate surface area is 108 Å². The zero-order valence-electron chi connectivity index (χ0n) is 10.9. The van der Waals surface area contributed by atoms with E-state index in [4.69, 9.17) is 5.26 Å². The average Bonchev–Trinajstić information content (AvgIpc) is 2.95. The molecule has 1 aliphatic carbocycles. The molecule has 0 aromatic heterocycles. The van der Waals surface area contributed by atoms with Crippen LogP contribution in [-0.2, 0) is 4.79 Å². The van der Waals surface area contributed by atoms with Crippen molar-refractivity contribution in [3.05, 3.63) is 0 Å². The summed E-state index contributed by atoms with van der Waals surface area (Å²) in [5.41, 5.74) is 3.04. The highest BCUT2D eigenvalue weighted by molar-refractivity contribution is 5.82. The number of nitrogens with one attached hydrogen (secondary N) is 3.